The highest BCUT2D eigenvalue weighted by Crippen LogP contribution is 2.56. The Bertz CT molecular complexity index is 6960. The van der Waals surface area contributed by atoms with Crippen LogP contribution in [0.5, 0.6) is 0 Å². The number of nitrogens with zero attached hydrogens (tertiary/aromatic N) is 3. The zero-order valence-electron chi connectivity index (χ0n) is 86.2. The zero-order valence-corrected chi connectivity index (χ0v) is 86.2. The summed E-state index contributed by atoms with van der Waals surface area (Å²) in [5, 5.41) is 8.57. The van der Waals surface area contributed by atoms with Gasteiger partial charge in [-0.2, -0.15) is 0 Å². The second kappa shape index (κ2) is 47.7. The van der Waals surface area contributed by atoms with Crippen LogP contribution in [0.2, 0.25) is 0 Å². The van der Waals surface area contributed by atoms with Crippen LogP contribution in [0, 0.1) is 0 Å². The van der Waals surface area contributed by atoms with Gasteiger partial charge in [0.1, 0.15) is 0 Å². The van der Waals surface area contributed by atoms with Crippen LogP contribution in [0.4, 0.5) is 0 Å². The number of rotatable bonds is 0. The SMILES string of the molecule is CC.CC.CC.CC.CC.CC.CC.CC.CC.CC.CC.CC.CC.CC.CC.c1ccc2c(c1)Cc1c-2ccc2c1-c1ccc3c(c1C2)c1cccc2c1n3-c1ccccc1C2.c1ccc2c(c1)Cc1cc3c(cc1-2)-c1ccc2c(c1C3)c1cccc3c1n2-c1ccccc1C3.c1ccc2c(c1)Cc1ccc3c(c1-2)-c1ccc2c(c1C3)c1cccc3c1n2-c1ccccc1C3. The van der Waals surface area contributed by atoms with E-state index in [9.17, 15) is 0 Å². The molecule has 18 aromatic rings. The van der Waals surface area contributed by atoms with Crippen molar-refractivity contribution in [3.05, 3.63) is 373 Å². The third kappa shape index (κ3) is 17.3. The molecule has 3 heteroatoms. The Hall–Kier alpha value is -12.3. The Morgan fingerprint density at radius 1 is 0.152 bits per heavy atom. The highest BCUT2D eigenvalue weighted by Gasteiger charge is 2.36. The first kappa shape index (κ1) is 102. The van der Waals surface area contributed by atoms with Gasteiger partial charge in [-0.1, -0.05) is 438 Å². The van der Waals surface area contributed by atoms with Gasteiger partial charge in [-0.05, 0) is 248 Å². The lowest BCUT2D eigenvalue weighted by molar-refractivity contribution is 1.04. The van der Waals surface area contributed by atoms with E-state index in [0.29, 0.717) is 0 Å². The summed E-state index contributed by atoms with van der Waals surface area (Å²) in [4.78, 5) is 0. The van der Waals surface area contributed by atoms with E-state index >= 15 is 0 Å². The molecule has 6 aliphatic carbocycles. The van der Waals surface area contributed by atoms with Crippen molar-refractivity contribution in [2.24, 2.45) is 0 Å². The molecule has 0 fully saturated rings. The maximum Gasteiger partial charge on any atom is 0.0576 e. The molecule has 6 heterocycles. The molecule has 0 N–H and O–H groups in total. The minimum atomic E-state index is 1.01. The summed E-state index contributed by atoms with van der Waals surface area (Å²) >= 11 is 0. The molecule has 3 aliphatic heterocycles. The lowest BCUT2D eigenvalue weighted by Gasteiger charge is -2.20. The van der Waals surface area contributed by atoms with Gasteiger partial charge in [0.05, 0.1) is 33.1 Å². The van der Waals surface area contributed by atoms with Crippen molar-refractivity contribution in [3.8, 4) is 83.8 Å². The van der Waals surface area contributed by atoms with Gasteiger partial charge >= 0.3 is 0 Å². The van der Waals surface area contributed by atoms with Crippen molar-refractivity contribution >= 4 is 65.4 Å². The summed E-state index contributed by atoms with van der Waals surface area (Å²) in [6.07, 6.45) is 9.26. The van der Waals surface area contributed by atoms with Crippen LogP contribution < -0.4 is 0 Å². The lowest BCUT2D eigenvalue weighted by atomic mass is 9.93. The van der Waals surface area contributed by atoms with E-state index in [0.717, 1.165) is 57.8 Å². The van der Waals surface area contributed by atoms with Crippen LogP contribution in [-0.4, -0.2) is 13.7 Å². The third-order valence-electron chi connectivity index (χ3n) is 25.3. The first-order valence-corrected chi connectivity index (χ1v) is 51.8. The number of aromatic nitrogens is 3. The summed E-state index contributed by atoms with van der Waals surface area (Å²) < 4.78 is 7.59. The topological polar surface area (TPSA) is 14.8 Å². The summed E-state index contributed by atoms with van der Waals surface area (Å²) in [6.45, 7) is 60.0. The molecule has 27 rings (SSSR count). The first-order chi connectivity index (χ1) is 65.6. The van der Waals surface area contributed by atoms with Crippen LogP contribution >= 0.6 is 0 Å². The molecule has 0 radical (unpaired) electrons. The molecule has 3 aromatic heterocycles. The van der Waals surface area contributed by atoms with Crippen LogP contribution in [0.25, 0.3) is 149 Å². The molecular weight excluding hydrogens is 1590 g/mol. The Morgan fingerprint density at radius 2 is 0.402 bits per heavy atom. The van der Waals surface area contributed by atoms with Crippen molar-refractivity contribution in [3.63, 3.8) is 0 Å². The maximum atomic E-state index is 2.53. The largest absolute Gasteiger partial charge is 0.309 e. The number of hydrogen-bond acceptors (Lipinski definition) is 0. The molecule has 132 heavy (non-hydrogen) atoms. The van der Waals surface area contributed by atoms with Gasteiger partial charge in [-0.15, -0.1) is 0 Å². The van der Waals surface area contributed by atoms with E-state index in [-0.39, 0.29) is 0 Å². The van der Waals surface area contributed by atoms with Crippen molar-refractivity contribution in [1.29, 1.82) is 0 Å². The normalized spacial score (nSPS) is 11.6. The monoisotopic (exact) mass is 1740 g/mol. The summed E-state index contributed by atoms with van der Waals surface area (Å²) in [5.74, 6) is 0. The van der Waals surface area contributed by atoms with Gasteiger partial charge < -0.3 is 13.7 Å². The van der Waals surface area contributed by atoms with E-state index in [1.807, 2.05) is 208 Å². The van der Waals surface area contributed by atoms with E-state index in [1.54, 1.807) is 0 Å². The second-order valence-electron chi connectivity index (χ2n) is 30.3. The Balaban J connectivity index is 0.000000180. The number of benzene rings is 15. The molecule has 0 spiro atoms. The number of hydrogen-bond donors (Lipinski definition) is 0. The van der Waals surface area contributed by atoms with E-state index in [4.69, 9.17) is 0 Å². The molecule has 0 atom stereocenters. The first-order valence-electron chi connectivity index (χ1n) is 51.8. The Labute approximate surface area is 796 Å². The molecule has 0 amide bonds. The van der Waals surface area contributed by atoms with Crippen molar-refractivity contribution < 1.29 is 0 Å². The minimum absolute atomic E-state index is 1.01. The molecule has 3 nitrogen and oxygen atoms in total. The van der Waals surface area contributed by atoms with Gasteiger partial charge in [0, 0.05) is 68.6 Å². The summed E-state index contributed by atoms with van der Waals surface area (Å²) in [6, 6.07) is 103. The molecule has 0 saturated heterocycles. The average molecular weight is 1750 g/mol. The lowest BCUT2D eigenvalue weighted by Crippen LogP contribution is -2.07. The van der Waals surface area contributed by atoms with E-state index < -0.39 is 0 Å². The predicted octanol–water partition coefficient (Wildman–Crippen LogP) is 38.9. The highest BCUT2D eigenvalue weighted by atomic mass is 15.0. The van der Waals surface area contributed by atoms with Gasteiger partial charge in [0.2, 0.25) is 0 Å². The van der Waals surface area contributed by atoms with Gasteiger partial charge in [-0.25, -0.2) is 0 Å². The van der Waals surface area contributed by atoms with E-state index in [2.05, 4.69) is 287 Å². The quantitative estimate of drug-likeness (QED) is 0.144. The fraction of sp³-hybridized carbons (Fsp3) is 0.302. The van der Waals surface area contributed by atoms with Crippen molar-refractivity contribution in [2.75, 3.05) is 0 Å². The maximum absolute atomic E-state index is 2.53. The van der Waals surface area contributed by atoms with E-state index in [1.165, 1.54) is 249 Å². The molecular formula is C129H153N3. The van der Waals surface area contributed by atoms with Crippen molar-refractivity contribution in [2.45, 2.75) is 265 Å². The second-order valence-corrected chi connectivity index (χ2v) is 30.3. The van der Waals surface area contributed by atoms with Crippen molar-refractivity contribution in [1.82, 2.24) is 13.7 Å². The highest BCUT2D eigenvalue weighted by molar-refractivity contribution is 6.19. The fourth-order valence-corrected chi connectivity index (χ4v) is 21.3. The third-order valence-corrected chi connectivity index (χ3v) is 25.3. The van der Waals surface area contributed by atoms with Gasteiger partial charge in [-0.3, -0.25) is 0 Å². The predicted molar refractivity (Wildman–Crippen MR) is 590 cm³/mol. The minimum Gasteiger partial charge on any atom is -0.309 e. The van der Waals surface area contributed by atoms with Crippen LogP contribution in [0.1, 0.15) is 308 Å². The van der Waals surface area contributed by atoms with Crippen LogP contribution in [0.3, 0.4) is 0 Å². The summed E-state index contributed by atoms with van der Waals surface area (Å²) in [7, 11) is 0. The molecule has 0 bridgehead atoms. The molecule has 9 aliphatic rings. The summed E-state index contributed by atoms with van der Waals surface area (Å²) in [5.41, 5.74) is 56.0. The molecule has 0 saturated carbocycles. The average Bonchev–Trinajstić information content (AvgIpc) is 1.54. The number of fused-ring (bicyclic) bond motifs is 38. The zero-order chi connectivity index (χ0) is 95.9. The van der Waals surface area contributed by atoms with Crippen LogP contribution in [-0.2, 0) is 57.8 Å². The smallest absolute Gasteiger partial charge is 0.0576 e. The fourth-order valence-electron chi connectivity index (χ4n) is 21.3. The number of para-hydroxylation sites is 6. The molecule has 684 valence electrons. The Kier molecular flexibility index (Phi) is 36.8. The van der Waals surface area contributed by atoms with Gasteiger partial charge in [0.15, 0.2) is 0 Å². The molecule has 15 aromatic carbocycles. The Morgan fingerprint density at radius 3 is 0.826 bits per heavy atom. The molecule has 0 unspecified atom stereocenters. The standard InChI is InChI=1S/3C33H21N.15C2H6/c1-3-9-24-19(6-1)14-22-16-23-17-29-25(28(23)18-27(22)24)12-13-31-32(29)26-10-5-8-21-15-20-7-2-4-11-30(20)34(31)33(21)26;1-3-9-23-19(6-1)17-27-24(23)13-12-21-18-28-25(31(21)27)14-15-30-32(28)26-10-5-8-22-16-20-7-2-4-11-29(20)34(30)33(22)26;1-3-9-24-19(6-1)16-21-12-13-22-18-27-25(31(22)30(21)24)14-15-29-32(27)26-10-5-8-23-17-20-7-2-4-11-28(20)34(29)33(23)26;15*1-2/h1-13,16,18H,14-15,17H2;2*1-15H,16-18H2;15*1-2H3. The van der Waals surface area contributed by atoms with Crippen LogP contribution in [0.15, 0.2) is 273 Å². The van der Waals surface area contributed by atoms with Gasteiger partial charge in [0.25, 0.3) is 0 Å².